The summed E-state index contributed by atoms with van der Waals surface area (Å²) in [5.41, 5.74) is 0. The molecule has 0 aromatic rings. The zero-order chi connectivity index (χ0) is 9.14. The third kappa shape index (κ3) is 2.17. The molecule has 12 heavy (non-hydrogen) atoms. The molecule has 1 rings (SSSR count). The highest BCUT2D eigenvalue weighted by molar-refractivity contribution is 4.79. The first kappa shape index (κ1) is 9.92. The summed E-state index contributed by atoms with van der Waals surface area (Å²) >= 11 is 0. The van der Waals surface area contributed by atoms with Gasteiger partial charge in [-0.05, 0) is 19.8 Å². The van der Waals surface area contributed by atoms with Gasteiger partial charge in [0.2, 0.25) is 0 Å². The fourth-order valence-corrected chi connectivity index (χ4v) is 1.43. The summed E-state index contributed by atoms with van der Waals surface area (Å²) in [7, 11) is 0. The van der Waals surface area contributed by atoms with Gasteiger partial charge in [0.15, 0.2) is 0 Å². The molecule has 0 aliphatic carbocycles. The molecule has 0 radical (unpaired) electrons. The summed E-state index contributed by atoms with van der Waals surface area (Å²) in [6.45, 7) is 1.64. The molecule has 0 aromatic carbocycles. The summed E-state index contributed by atoms with van der Waals surface area (Å²) in [5.74, 6) is 0. The van der Waals surface area contributed by atoms with Gasteiger partial charge in [0.25, 0.3) is 0 Å². The molecule has 4 atom stereocenters. The molecule has 4 nitrogen and oxygen atoms in total. The molecular weight excluding hydrogens is 160 g/mol. The van der Waals surface area contributed by atoms with E-state index in [2.05, 4.69) is 0 Å². The average molecular weight is 176 g/mol. The molecule has 1 aliphatic heterocycles. The van der Waals surface area contributed by atoms with Gasteiger partial charge in [-0.1, -0.05) is 0 Å². The van der Waals surface area contributed by atoms with Crippen molar-refractivity contribution in [1.82, 2.24) is 0 Å². The largest absolute Gasteiger partial charge is 0.394 e. The van der Waals surface area contributed by atoms with E-state index in [1.165, 1.54) is 0 Å². The molecule has 1 saturated heterocycles. The molecule has 0 spiro atoms. The van der Waals surface area contributed by atoms with Gasteiger partial charge in [0.05, 0.1) is 24.9 Å². The van der Waals surface area contributed by atoms with Crippen LogP contribution in [-0.4, -0.2) is 46.3 Å². The third-order valence-corrected chi connectivity index (χ3v) is 2.27. The molecule has 4 heteroatoms. The predicted octanol–water partition coefficient (Wildman–Crippen LogP) is -0.732. The SMILES string of the molecule is C[C@@H]1O[C@H](CO)CC[C@@H](O)[C@H]1O. The lowest BCUT2D eigenvalue weighted by Crippen LogP contribution is -2.35. The Bertz CT molecular complexity index is 139. The molecule has 1 heterocycles. The smallest absolute Gasteiger partial charge is 0.106 e. The number of hydrogen-bond donors (Lipinski definition) is 3. The zero-order valence-corrected chi connectivity index (χ0v) is 7.18. The molecular formula is C8H16O4. The summed E-state index contributed by atoms with van der Waals surface area (Å²) in [6, 6.07) is 0. The molecule has 0 bridgehead atoms. The van der Waals surface area contributed by atoms with Crippen LogP contribution in [0.2, 0.25) is 0 Å². The van der Waals surface area contributed by atoms with Crippen LogP contribution in [0.3, 0.4) is 0 Å². The van der Waals surface area contributed by atoms with E-state index < -0.39 is 18.3 Å². The van der Waals surface area contributed by atoms with E-state index in [0.29, 0.717) is 12.8 Å². The summed E-state index contributed by atoms with van der Waals surface area (Å²) < 4.78 is 5.28. The van der Waals surface area contributed by atoms with Crippen molar-refractivity contribution in [2.75, 3.05) is 6.61 Å². The highest BCUT2D eigenvalue weighted by Crippen LogP contribution is 2.18. The van der Waals surface area contributed by atoms with Crippen molar-refractivity contribution in [3.63, 3.8) is 0 Å². The van der Waals surface area contributed by atoms with E-state index in [4.69, 9.17) is 9.84 Å². The fraction of sp³-hybridized carbons (Fsp3) is 1.00. The van der Waals surface area contributed by atoms with Crippen molar-refractivity contribution in [3.8, 4) is 0 Å². The van der Waals surface area contributed by atoms with Gasteiger partial charge in [-0.25, -0.2) is 0 Å². The Morgan fingerprint density at radius 3 is 2.58 bits per heavy atom. The van der Waals surface area contributed by atoms with Gasteiger partial charge in [0.1, 0.15) is 6.10 Å². The average Bonchev–Trinajstić information content (AvgIpc) is 2.19. The summed E-state index contributed by atoms with van der Waals surface area (Å²) in [4.78, 5) is 0. The number of aliphatic hydroxyl groups excluding tert-OH is 3. The topological polar surface area (TPSA) is 69.9 Å². The van der Waals surface area contributed by atoms with Crippen LogP contribution in [0.5, 0.6) is 0 Å². The highest BCUT2D eigenvalue weighted by atomic mass is 16.5. The van der Waals surface area contributed by atoms with Crippen LogP contribution in [-0.2, 0) is 4.74 Å². The van der Waals surface area contributed by atoms with Crippen molar-refractivity contribution in [2.24, 2.45) is 0 Å². The van der Waals surface area contributed by atoms with E-state index >= 15 is 0 Å². The van der Waals surface area contributed by atoms with Crippen molar-refractivity contribution >= 4 is 0 Å². The minimum atomic E-state index is -0.832. The van der Waals surface area contributed by atoms with E-state index in [-0.39, 0.29) is 12.7 Å². The minimum Gasteiger partial charge on any atom is -0.394 e. The van der Waals surface area contributed by atoms with Crippen molar-refractivity contribution in [1.29, 1.82) is 0 Å². The van der Waals surface area contributed by atoms with Gasteiger partial charge in [-0.3, -0.25) is 0 Å². The lowest BCUT2D eigenvalue weighted by atomic mass is 10.1. The Kier molecular flexibility index (Phi) is 3.46. The molecule has 1 fully saturated rings. The first-order valence-corrected chi connectivity index (χ1v) is 4.27. The Labute approximate surface area is 71.8 Å². The maximum Gasteiger partial charge on any atom is 0.106 e. The summed E-state index contributed by atoms with van der Waals surface area (Å²) in [6.07, 6.45) is -1.12. The molecule has 0 aromatic heterocycles. The maximum atomic E-state index is 9.38. The number of ether oxygens (including phenoxy) is 1. The van der Waals surface area contributed by atoms with Crippen molar-refractivity contribution in [3.05, 3.63) is 0 Å². The van der Waals surface area contributed by atoms with E-state index in [1.807, 2.05) is 0 Å². The Morgan fingerprint density at radius 2 is 2.00 bits per heavy atom. The second kappa shape index (κ2) is 4.18. The van der Waals surface area contributed by atoms with Crippen LogP contribution in [0, 0.1) is 0 Å². The molecule has 72 valence electrons. The molecule has 3 N–H and O–H groups in total. The van der Waals surface area contributed by atoms with Crippen molar-refractivity contribution in [2.45, 2.75) is 44.2 Å². The van der Waals surface area contributed by atoms with Crippen LogP contribution in [0.25, 0.3) is 0 Å². The van der Waals surface area contributed by atoms with E-state index in [0.717, 1.165) is 0 Å². The highest BCUT2D eigenvalue weighted by Gasteiger charge is 2.30. The number of aliphatic hydroxyl groups is 3. The van der Waals surface area contributed by atoms with E-state index in [9.17, 15) is 10.2 Å². The first-order chi connectivity index (χ1) is 5.65. The first-order valence-electron chi connectivity index (χ1n) is 4.27. The van der Waals surface area contributed by atoms with Gasteiger partial charge in [0, 0.05) is 0 Å². The van der Waals surface area contributed by atoms with Crippen LogP contribution >= 0.6 is 0 Å². The second-order valence-electron chi connectivity index (χ2n) is 3.28. The van der Waals surface area contributed by atoms with E-state index in [1.54, 1.807) is 6.92 Å². The normalized spacial score (nSPS) is 44.0. The Hall–Kier alpha value is -0.160. The van der Waals surface area contributed by atoms with Crippen LogP contribution < -0.4 is 0 Å². The molecule has 0 saturated carbocycles. The van der Waals surface area contributed by atoms with Gasteiger partial charge < -0.3 is 20.1 Å². The monoisotopic (exact) mass is 176 g/mol. The zero-order valence-electron chi connectivity index (χ0n) is 7.18. The van der Waals surface area contributed by atoms with Gasteiger partial charge in [-0.15, -0.1) is 0 Å². The lowest BCUT2D eigenvalue weighted by molar-refractivity contribution is -0.0932. The third-order valence-electron chi connectivity index (χ3n) is 2.27. The summed E-state index contributed by atoms with van der Waals surface area (Å²) in [5, 5.41) is 27.5. The Balaban J connectivity index is 2.53. The van der Waals surface area contributed by atoms with Crippen molar-refractivity contribution < 1.29 is 20.1 Å². The lowest BCUT2D eigenvalue weighted by Gasteiger charge is -2.21. The molecule has 0 amide bonds. The molecule has 1 aliphatic rings. The fourth-order valence-electron chi connectivity index (χ4n) is 1.43. The second-order valence-corrected chi connectivity index (χ2v) is 3.28. The van der Waals surface area contributed by atoms with Gasteiger partial charge >= 0.3 is 0 Å². The van der Waals surface area contributed by atoms with Crippen LogP contribution in [0.4, 0.5) is 0 Å². The van der Waals surface area contributed by atoms with Crippen LogP contribution in [0.1, 0.15) is 19.8 Å². The number of hydrogen-bond acceptors (Lipinski definition) is 4. The molecule has 0 unspecified atom stereocenters. The van der Waals surface area contributed by atoms with Crippen LogP contribution in [0.15, 0.2) is 0 Å². The quantitative estimate of drug-likeness (QED) is 0.492. The predicted molar refractivity (Wildman–Crippen MR) is 42.7 cm³/mol. The Morgan fingerprint density at radius 1 is 1.33 bits per heavy atom. The minimum absolute atomic E-state index is 0.0518. The number of rotatable bonds is 1. The standard InChI is InChI=1S/C8H16O4/c1-5-8(11)7(10)3-2-6(4-9)12-5/h5-11H,2-4H2,1H3/t5-,6-,7+,8-/m0/s1. The van der Waals surface area contributed by atoms with Gasteiger partial charge in [-0.2, -0.15) is 0 Å². The maximum absolute atomic E-state index is 9.38.